The minimum absolute atomic E-state index is 0.378. The Balaban J connectivity index is 2.32. The number of rotatable bonds is 8. The van der Waals surface area contributed by atoms with Crippen LogP contribution in [0.15, 0.2) is 0 Å². The second kappa shape index (κ2) is 8.79. The average molecular weight is 285 g/mol. The summed E-state index contributed by atoms with van der Waals surface area (Å²) in [6.45, 7) is 6.77. The van der Waals surface area contributed by atoms with E-state index in [2.05, 4.69) is 22.5 Å². The summed E-state index contributed by atoms with van der Waals surface area (Å²) in [6, 6.07) is -0.790. The number of aliphatic carboxylic acids is 1. The zero-order valence-corrected chi connectivity index (χ0v) is 12.5. The van der Waals surface area contributed by atoms with Crippen molar-refractivity contribution in [2.24, 2.45) is 0 Å². The third-order valence-corrected chi connectivity index (χ3v) is 3.85. The predicted molar refractivity (Wildman–Crippen MR) is 77.8 cm³/mol. The molecule has 0 radical (unpaired) electrons. The molecule has 0 aromatic rings. The summed E-state index contributed by atoms with van der Waals surface area (Å²) in [5.74, 6) is -0.968. The molecule has 0 aliphatic carbocycles. The van der Waals surface area contributed by atoms with Gasteiger partial charge < -0.3 is 15.7 Å². The van der Waals surface area contributed by atoms with Crippen LogP contribution in [-0.2, 0) is 4.79 Å². The molecule has 0 aromatic heterocycles. The Morgan fingerprint density at radius 2 is 2.15 bits per heavy atom. The maximum Gasteiger partial charge on any atom is 0.326 e. The first-order valence-electron chi connectivity index (χ1n) is 7.59. The zero-order valence-electron chi connectivity index (χ0n) is 12.5. The van der Waals surface area contributed by atoms with Crippen LogP contribution in [0.5, 0.6) is 0 Å². The molecule has 1 rings (SSSR count). The van der Waals surface area contributed by atoms with Gasteiger partial charge in [-0.05, 0) is 32.4 Å². The quantitative estimate of drug-likeness (QED) is 0.630. The molecule has 2 amide bonds. The molecule has 1 fully saturated rings. The molecule has 1 aliphatic heterocycles. The molecule has 6 heteroatoms. The number of carboxylic acids is 1. The summed E-state index contributed by atoms with van der Waals surface area (Å²) >= 11 is 0. The van der Waals surface area contributed by atoms with Gasteiger partial charge in [-0.25, -0.2) is 9.59 Å². The van der Waals surface area contributed by atoms with E-state index in [1.165, 1.54) is 0 Å². The van der Waals surface area contributed by atoms with Crippen LogP contribution in [0.2, 0.25) is 0 Å². The van der Waals surface area contributed by atoms with E-state index in [-0.39, 0.29) is 6.03 Å². The van der Waals surface area contributed by atoms with Crippen molar-refractivity contribution in [1.82, 2.24) is 15.5 Å². The van der Waals surface area contributed by atoms with Gasteiger partial charge in [0.1, 0.15) is 6.04 Å². The molecule has 116 valence electrons. The normalized spacial score (nSPS) is 20.6. The first-order valence-corrected chi connectivity index (χ1v) is 7.59. The molecule has 1 unspecified atom stereocenters. The lowest BCUT2D eigenvalue weighted by Crippen LogP contribution is -2.49. The first kappa shape index (κ1) is 16.8. The van der Waals surface area contributed by atoms with Gasteiger partial charge >= 0.3 is 12.0 Å². The van der Waals surface area contributed by atoms with Crippen molar-refractivity contribution in [3.05, 3.63) is 0 Å². The number of carbonyl (C=O) groups excluding carboxylic acids is 1. The summed E-state index contributed by atoms with van der Waals surface area (Å²) in [5.41, 5.74) is 0. The Labute approximate surface area is 120 Å². The van der Waals surface area contributed by atoms with Crippen molar-refractivity contribution in [2.75, 3.05) is 19.6 Å². The van der Waals surface area contributed by atoms with Crippen molar-refractivity contribution in [3.63, 3.8) is 0 Å². The molecule has 1 saturated heterocycles. The number of unbranched alkanes of at least 4 members (excludes halogenated alkanes) is 1. The standard InChI is InChI=1S/C14H27N3O3/c1-3-5-8-12(13(18)19)16-14(20)15-10-11-7-6-9-17(11)4-2/h11-12H,3-10H2,1-2H3,(H,18,19)(H2,15,16,20)/t11?,12-/m0/s1. The summed E-state index contributed by atoms with van der Waals surface area (Å²) in [7, 11) is 0. The lowest BCUT2D eigenvalue weighted by molar-refractivity contribution is -0.139. The second-order valence-corrected chi connectivity index (χ2v) is 5.31. The van der Waals surface area contributed by atoms with Crippen molar-refractivity contribution in [3.8, 4) is 0 Å². The first-order chi connectivity index (χ1) is 9.58. The van der Waals surface area contributed by atoms with Crippen LogP contribution >= 0.6 is 0 Å². The molecule has 2 atom stereocenters. The number of hydrogen-bond donors (Lipinski definition) is 3. The fraction of sp³-hybridized carbons (Fsp3) is 0.857. The summed E-state index contributed by atoms with van der Waals surface area (Å²) < 4.78 is 0. The van der Waals surface area contributed by atoms with Crippen LogP contribution in [-0.4, -0.2) is 53.7 Å². The Morgan fingerprint density at radius 3 is 2.75 bits per heavy atom. The average Bonchev–Trinajstić information content (AvgIpc) is 2.88. The van der Waals surface area contributed by atoms with E-state index in [0.29, 0.717) is 19.0 Å². The number of urea groups is 1. The minimum Gasteiger partial charge on any atom is -0.480 e. The lowest BCUT2D eigenvalue weighted by atomic mass is 10.1. The summed E-state index contributed by atoms with van der Waals surface area (Å²) in [4.78, 5) is 25.2. The highest BCUT2D eigenvalue weighted by Crippen LogP contribution is 2.15. The number of nitrogens with zero attached hydrogens (tertiary/aromatic N) is 1. The molecule has 1 heterocycles. The van der Waals surface area contributed by atoms with Gasteiger partial charge in [0.15, 0.2) is 0 Å². The SMILES string of the molecule is CCCC[C@H](NC(=O)NCC1CCCN1CC)C(=O)O. The molecule has 0 saturated carbocycles. The maximum atomic E-state index is 11.8. The van der Waals surface area contributed by atoms with Crippen LogP contribution in [0, 0.1) is 0 Å². The molecule has 0 aromatic carbocycles. The number of likely N-dealkylation sites (tertiary alicyclic amines) is 1. The van der Waals surface area contributed by atoms with Crippen molar-refractivity contribution < 1.29 is 14.7 Å². The van der Waals surface area contributed by atoms with Gasteiger partial charge in [-0.15, -0.1) is 0 Å². The molecule has 6 nitrogen and oxygen atoms in total. The molecule has 0 bridgehead atoms. The Bertz CT molecular complexity index is 323. The molecular weight excluding hydrogens is 258 g/mol. The van der Waals surface area contributed by atoms with E-state index in [0.717, 1.165) is 38.8 Å². The highest BCUT2D eigenvalue weighted by Gasteiger charge is 2.24. The van der Waals surface area contributed by atoms with Gasteiger partial charge in [-0.1, -0.05) is 26.7 Å². The molecule has 1 aliphatic rings. The fourth-order valence-corrected chi connectivity index (χ4v) is 2.63. The van der Waals surface area contributed by atoms with Gasteiger partial charge in [0.2, 0.25) is 0 Å². The fourth-order valence-electron chi connectivity index (χ4n) is 2.63. The Kier molecular flexibility index (Phi) is 7.36. The van der Waals surface area contributed by atoms with Crippen LogP contribution in [0.25, 0.3) is 0 Å². The van der Waals surface area contributed by atoms with Crippen LogP contribution in [0.4, 0.5) is 4.79 Å². The number of carboxylic acid groups (broad SMARTS) is 1. The van der Waals surface area contributed by atoms with E-state index in [1.807, 2.05) is 6.92 Å². The van der Waals surface area contributed by atoms with E-state index >= 15 is 0 Å². The van der Waals surface area contributed by atoms with E-state index in [1.54, 1.807) is 0 Å². The monoisotopic (exact) mass is 285 g/mol. The number of carbonyl (C=O) groups is 2. The van der Waals surface area contributed by atoms with Gasteiger partial charge in [0.25, 0.3) is 0 Å². The maximum absolute atomic E-state index is 11.8. The van der Waals surface area contributed by atoms with Gasteiger partial charge in [-0.2, -0.15) is 0 Å². The van der Waals surface area contributed by atoms with E-state index in [9.17, 15) is 9.59 Å². The zero-order chi connectivity index (χ0) is 15.0. The molecule has 3 N–H and O–H groups in total. The predicted octanol–water partition coefficient (Wildman–Crippen LogP) is 1.41. The van der Waals surface area contributed by atoms with Crippen LogP contribution in [0.3, 0.4) is 0 Å². The number of nitrogens with one attached hydrogen (secondary N) is 2. The van der Waals surface area contributed by atoms with Gasteiger partial charge in [0.05, 0.1) is 0 Å². The highest BCUT2D eigenvalue weighted by atomic mass is 16.4. The number of likely N-dealkylation sites (N-methyl/N-ethyl adjacent to an activating group) is 1. The van der Waals surface area contributed by atoms with Gasteiger partial charge in [-0.3, -0.25) is 4.90 Å². The summed E-state index contributed by atoms with van der Waals surface area (Å²) in [5, 5.41) is 14.4. The third kappa shape index (κ3) is 5.36. The Hall–Kier alpha value is -1.30. The third-order valence-electron chi connectivity index (χ3n) is 3.85. The molecule has 20 heavy (non-hydrogen) atoms. The highest BCUT2D eigenvalue weighted by molar-refractivity contribution is 5.82. The van der Waals surface area contributed by atoms with Gasteiger partial charge in [0, 0.05) is 12.6 Å². The number of hydrogen-bond acceptors (Lipinski definition) is 3. The van der Waals surface area contributed by atoms with Crippen LogP contribution in [0.1, 0.15) is 46.0 Å². The molecular formula is C14H27N3O3. The second-order valence-electron chi connectivity index (χ2n) is 5.31. The topological polar surface area (TPSA) is 81.7 Å². The van der Waals surface area contributed by atoms with E-state index in [4.69, 9.17) is 5.11 Å². The van der Waals surface area contributed by atoms with Crippen molar-refractivity contribution in [1.29, 1.82) is 0 Å². The van der Waals surface area contributed by atoms with Crippen LogP contribution < -0.4 is 10.6 Å². The molecule has 0 spiro atoms. The Morgan fingerprint density at radius 1 is 1.40 bits per heavy atom. The smallest absolute Gasteiger partial charge is 0.326 e. The summed E-state index contributed by atoms with van der Waals surface area (Å²) in [6.07, 6.45) is 4.44. The number of amides is 2. The van der Waals surface area contributed by atoms with E-state index < -0.39 is 12.0 Å². The van der Waals surface area contributed by atoms with Crippen molar-refractivity contribution >= 4 is 12.0 Å². The largest absolute Gasteiger partial charge is 0.480 e. The minimum atomic E-state index is -0.968. The van der Waals surface area contributed by atoms with Crippen molar-refractivity contribution in [2.45, 2.75) is 58.0 Å². The lowest BCUT2D eigenvalue weighted by Gasteiger charge is -2.23.